The van der Waals surface area contributed by atoms with Crippen molar-refractivity contribution in [3.63, 3.8) is 0 Å². The van der Waals surface area contributed by atoms with Crippen molar-refractivity contribution in [1.29, 1.82) is 0 Å². The number of anilines is 1. The van der Waals surface area contributed by atoms with Gasteiger partial charge in [0.15, 0.2) is 17.1 Å². The maximum atomic E-state index is 12.3. The third-order valence-electron chi connectivity index (χ3n) is 3.69. The highest BCUT2D eigenvalue weighted by Crippen LogP contribution is 2.17. The highest BCUT2D eigenvalue weighted by atomic mass is 35.5. The average molecular weight is 375 g/mol. The fourth-order valence-electron chi connectivity index (χ4n) is 2.07. The van der Waals surface area contributed by atoms with E-state index < -0.39 is 17.4 Å². The van der Waals surface area contributed by atoms with Crippen molar-refractivity contribution in [2.45, 2.75) is 19.4 Å². The molecule has 134 valence electrons. The van der Waals surface area contributed by atoms with Crippen LogP contribution in [-0.2, 0) is 10.3 Å². The summed E-state index contributed by atoms with van der Waals surface area (Å²) in [5.74, 6) is -1.35. The molecule has 10 heteroatoms. The molecule has 0 fully saturated rings. The van der Waals surface area contributed by atoms with Gasteiger partial charge < -0.3 is 10.4 Å². The fourth-order valence-corrected chi connectivity index (χ4v) is 2.26. The van der Waals surface area contributed by atoms with Crippen LogP contribution in [0.5, 0.6) is 0 Å². The van der Waals surface area contributed by atoms with E-state index in [0.29, 0.717) is 10.7 Å². The van der Waals surface area contributed by atoms with Crippen molar-refractivity contribution in [2.24, 2.45) is 0 Å². The van der Waals surface area contributed by atoms with Crippen LogP contribution in [0.25, 0.3) is 5.69 Å². The number of rotatable bonds is 5. The second kappa shape index (κ2) is 6.60. The molecule has 2 N–H and O–H groups in total. The first-order valence-electron chi connectivity index (χ1n) is 7.56. The number of nitrogens with zero attached hydrogens (tertiary/aromatic N) is 5. The Hall–Kier alpha value is -3.20. The fraction of sp³-hybridized carbons (Fsp3) is 0.188. The van der Waals surface area contributed by atoms with Crippen LogP contribution in [0.15, 0.2) is 42.7 Å². The Kier molecular flexibility index (Phi) is 4.47. The van der Waals surface area contributed by atoms with Gasteiger partial charge in [0.05, 0.1) is 11.9 Å². The summed E-state index contributed by atoms with van der Waals surface area (Å²) in [5.41, 5.74) is -0.542. The van der Waals surface area contributed by atoms with Crippen molar-refractivity contribution in [3.05, 3.63) is 53.4 Å². The summed E-state index contributed by atoms with van der Waals surface area (Å²) in [7, 11) is 0. The molecule has 0 spiro atoms. The van der Waals surface area contributed by atoms with Crippen LogP contribution >= 0.6 is 11.6 Å². The summed E-state index contributed by atoms with van der Waals surface area (Å²) in [5, 5.41) is 24.5. The van der Waals surface area contributed by atoms with Gasteiger partial charge in [-0.3, -0.25) is 9.48 Å². The normalized spacial score (nSPS) is 11.3. The number of hydrogen-bond acceptors (Lipinski definition) is 5. The minimum atomic E-state index is -1.24. The average Bonchev–Trinajstić information content (AvgIpc) is 3.24. The van der Waals surface area contributed by atoms with Crippen LogP contribution in [0.4, 0.5) is 5.82 Å². The number of benzene rings is 1. The molecule has 0 aliphatic carbocycles. The molecule has 0 unspecified atom stereocenters. The van der Waals surface area contributed by atoms with Crippen LogP contribution in [-0.4, -0.2) is 41.8 Å². The number of halogens is 1. The van der Waals surface area contributed by atoms with Crippen molar-refractivity contribution in [1.82, 2.24) is 24.8 Å². The van der Waals surface area contributed by atoms with Gasteiger partial charge in [0.2, 0.25) is 0 Å². The summed E-state index contributed by atoms with van der Waals surface area (Å²) in [6.45, 7) is 3.01. The van der Waals surface area contributed by atoms with E-state index >= 15 is 0 Å². The maximum absolute atomic E-state index is 12.3. The summed E-state index contributed by atoms with van der Waals surface area (Å²) < 4.78 is 1.26. The smallest absolute Gasteiger partial charge is 0.331 e. The standard InChI is InChI=1S/C16H15ClN6O3/c1-16(2,15(25)26)22-7-6-13(21-22)19-14(24)12-9-18-23(20-12)11-5-3-4-10(17)8-11/h3-9H,1-2H3,(H,25,26)(H,19,21,24). The molecular formula is C16H15ClN6O3. The number of carboxylic acids is 1. The lowest BCUT2D eigenvalue weighted by Gasteiger charge is -2.19. The van der Waals surface area contributed by atoms with Gasteiger partial charge in [0.1, 0.15) is 0 Å². The van der Waals surface area contributed by atoms with Crippen LogP contribution in [0.2, 0.25) is 5.02 Å². The van der Waals surface area contributed by atoms with Crippen LogP contribution < -0.4 is 5.32 Å². The lowest BCUT2D eigenvalue weighted by Crippen LogP contribution is -2.36. The lowest BCUT2D eigenvalue weighted by molar-refractivity contribution is -0.146. The van der Waals surface area contributed by atoms with E-state index in [9.17, 15) is 14.7 Å². The Morgan fingerprint density at radius 2 is 2.00 bits per heavy atom. The third kappa shape index (κ3) is 3.42. The molecule has 0 saturated carbocycles. The number of amides is 1. The molecule has 3 rings (SSSR count). The maximum Gasteiger partial charge on any atom is 0.331 e. The molecule has 26 heavy (non-hydrogen) atoms. The number of nitrogens with one attached hydrogen (secondary N) is 1. The summed E-state index contributed by atoms with van der Waals surface area (Å²) in [6, 6.07) is 8.39. The molecule has 0 bridgehead atoms. The minimum Gasteiger partial charge on any atom is -0.479 e. The third-order valence-corrected chi connectivity index (χ3v) is 3.93. The first-order valence-corrected chi connectivity index (χ1v) is 7.94. The Labute approximate surface area is 153 Å². The van der Waals surface area contributed by atoms with Crippen LogP contribution in [0.1, 0.15) is 24.3 Å². The van der Waals surface area contributed by atoms with Gasteiger partial charge in [-0.1, -0.05) is 17.7 Å². The monoisotopic (exact) mass is 374 g/mol. The number of carboxylic acid groups (broad SMARTS) is 1. The van der Waals surface area contributed by atoms with Crippen molar-refractivity contribution >= 4 is 29.3 Å². The SMILES string of the molecule is CC(C)(C(=O)O)n1ccc(NC(=O)c2cnn(-c3cccc(Cl)c3)n2)n1. The zero-order chi connectivity index (χ0) is 18.9. The Balaban J connectivity index is 1.75. The van der Waals surface area contributed by atoms with Crippen LogP contribution in [0.3, 0.4) is 0 Å². The van der Waals surface area contributed by atoms with Gasteiger partial charge in [0.25, 0.3) is 5.91 Å². The predicted molar refractivity (Wildman–Crippen MR) is 93.5 cm³/mol. The van der Waals surface area contributed by atoms with Crippen molar-refractivity contribution in [2.75, 3.05) is 5.32 Å². The quantitative estimate of drug-likeness (QED) is 0.707. The number of aliphatic carboxylic acids is 1. The topological polar surface area (TPSA) is 115 Å². The number of carbonyl (C=O) groups excluding carboxylic acids is 1. The minimum absolute atomic E-state index is 0.0806. The van der Waals surface area contributed by atoms with Gasteiger partial charge in [-0.25, -0.2) is 4.79 Å². The van der Waals surface area contributed by atoms with E-state index in [1.165, 1.54) is 41.8 Å². The van der Waals surface area contributed by atoms with E-state index in [4.69, 9.17) is 11.6 Å². The molecule has 1 amide bonds. The van der Waals surface area contributed by atoms with E-state index in [2.05, 4.69) is 20.6 Å². The zero-order valence-corrected chi connectivity index (χ0v) is 14.7. The summed E-state index contributed by atoms with van der Waals surface area (Å²) >= 11 is 5.93. The Bertz CT molecular complexity index is 978. The molecule has 2 heterocycles. The lowest BCUT2D eigenvalue weighted by atomic mass is 10.1. The molecule has 3 aromatic rings. The molecule has 0 aliphatic rings. The zero-order valence-electron chi connectivity index (χ0n) is 13.9. The number of carbonyl (C=O) groups is 2. The Morgan fingerprint density at radius 3 is 2.69 bits per heavy atom. The summed E-state index contributed by atoms with van der Waals surface area (Å²) in [6.07, 6.45) is 2.79. The number of hydrogen-bond donors (Lipinski definition) is 2. The van der Waals surface area contributed by atoms with Crippen LogP contribution in [0, 0.1) is 0 Å². The molecule has 9 nitrogen and oxygen atoms in total. The van der Waals surface area contributed by atoms with Crippen molar-refractivity contribution < 1.29 is 14.7 Å². The van der Waals surface area contributed by atoms with Gasteiger partial charge in [-0.05, 0) is 32.0 Å². The van der Waals surface area contributed by atoms with Gasteiger partial charge in [-0.15, -0.1) is 5.10 Å². The molecule has 1 aromatic carbocycles. The second-order valence-corrected chi connectivity index (χ2v) is 6.40. The van der Waals surface area contributed by atoms with E-state index in [1.54, 1.807) is 24.3 Å². The largest absolute Gasteiger partial charge is 0.479 e. The van der Waals surface area contributed by atoms with E-state index in [-0.39, 0.29) is 11.5 Å². The number of aromatic nitrogens is 5. The molecule has 0 saturated heterocycles. The summed E-state index contributed by atoms with van der Waals surface area (Å²) in [4.78, 5) is 24.8. The first kappa shape index (κ1) is 17.6. The molecule has 0 aliphatic heterocycles. The second-order valence-electron chi connectivity index (χ2n) is 5.96. The highest BCUT2D eigenvalue weighted by molar-refractivity contribution is 6.30. The Morgan fingerprint density at radius 1 is 1.23 bits per heavy atom. The van der Waals surface area contributed by atoms with E-state index in [1.807, 2.05) is 0 Å². The molecule has 0 atom stereocenters. The van der Waals surface area contributed by atoms with Crippen molar-refractivity contribution in [3.8, 4) is 5.69 Å². The van der Waals surface area contributed by atoms with E-state index in [0.717, 1.165) is 0 Å². The first-order chi connectivity index (χ1) is 12.3. The highest BCUT2D eigenvalue weighted by Gasteiger charge is 2.30. The van der Waals surface area contributed by atoms with Gasteiger partial charge in [0, 0.05) is 17.3 Å². The molecule has 0 radical (unpaired) electrons. The van der Waals surface area contributed by atoms with Gasteiger partial charge >= 0.3 is 5.97 Å². The van der Waals surface area contributed by atoms with Gasteiger partial charge in [-0.2, -0.15) is 15.0 Å². The molecule has 2 aromatic heterocycles. The predicted octanol–water partition coefficient (Wildman–Crippen LogP) is 2.19. The molecular weight excluding hydrogens is 360 g/mol.